The molecule has 1 aromatic heterocycles. The van der Waals surface area contributed by atoms with Gasteiger partial charge in [0.05, 0.1) is 11.0 Å². The van der Waals surface area contributed by atoms with Crippen molar-refractivity contribution in [2.24, 2.45) is 0 Å². The van der Waals surface area contributed by atoms with Gasteiger partial charge in [-0.1, -0.05) is 141 Å². The molecule has 0 atom stereocenters. The van der Waals surface area contributed by atoms with E-state index in [-0.39, 0.29) is 5.41 Å². The Labute approximate surface area is 310 Å². The van der Waals surface area contributed by atoms with Crippen molar-refractivity contribution in [3.05, 3.63) is 205 Å². The number of hydrogen-bond donors (Lipinski definition) is 0. The van der Waals surface area contributed by atoms with Crippen LogP contribution in [-0.4, -0.2) is 4.57 Å². The number of anilines is 3. The average molecular weight is 679 g/mol. The Balaban J connectivity index is 0.994. The number of benzene rings is 8. The van der Waals surface area contributed by atoms with Crippen molar-refractivity contribution in [3.8, 4) is 39.1 Å². The summed E-state index contributed by atoms with van der Waals surface area (Å²) in [7, 11) is 0. The molecule has 0 fully saturated rings. The minimum atomic E-state index is 0.0199. The van der Waals surface area contributed by atoms with E-state index in [1.54, 1.807) is 0 Å². The molecule has 0 radical (unpaired) electrons. The zero-order valence-corrected chi connectivity index (χ0v) is 29.9. The van der Waals surface area contributed by atoms with E-state index in [0.29, 0.717) is 0 Å². The Morgan fingerprint density at radius 2 is 0.906 bits per heavy atom. The summed E-state index contributed by atoms with van der Waals surface area (Å²) in [5, 5.41) is 2.48. The molecule has 1 aliphatic rings. The van der Waals surface area contributed by atoms with E-state index < -0.39 is 0 Å². The Morgan fingerprint density at radius 3 is 1.66 bits per heavy atom. The molecule has 0 saturated carbocycles. The summed E-state index contributed by atoms with van der Waals surface area (Å²) in [5.41, 5.74) is 17.3. The third kappa shape index (κ3) is 5.10. The van der Waals surface area contributed by atoms with Gasteiger partial charge in [-0.2, -0.15) is 0 Å². The van der Waals surface area contributed by atoms with Crippen LogP contribution in [0.2, 0.25) is 0 Å². The second-order valence-corrected chi connectivity index (χ2v) is 14.6. The van der Waals surface area contributed by atoms with Crippen LogP contribution < -0.4 is 4.90 Å². The molecule has 8 aromatic carbocycles. The summed E-state index contributed by atoms with van der Waals surface area (Å²) in [6.07, 6.45) is 0. The van der Waals surface area contributed by atoms with E-state index in [1.807, 2.05) is 0 Å². The quantitative estimate of drug-likeness (QED) is 0.170. The lowest BCUT2D eigenvalue weighted by atomic mass is 9.82. The van der Waals surface area contributed by atoms with Crippen LogP contribution in [0.1, 0.15) is 25.0 Å². The third-order valence-electron chi connectivity index (χ3n) is 11.2. The molecule has 252 valence electrons. The lowest BCUT2D eigenvalue weighted by molar-refractivity contribution is 0.660. The molecule has 10 rings (SSSR count). The lowest BCUT2D eigenvalue weighted by Gasteiger charge is -2.26. The highest BCUT2D eigenvalue weighted by Gasteiger charge is 2.35. The van der Waals surface area contributed by atoms with Gasteiger partial charge in [-0.05, 0) is 111 Å². The van der Waals surface area contributed by atoms with Gasteiger partial charge in [0.15, 0.2) is 0 Å². The lowest BCUT2D eigenvalue weighted by Crippen LogP contribution is -2.14. The SMILES string of the molecule is CC1(C)c2ccccc2-c2cc(-c3ccc(-c4ccc(N(c5ccccc5)c5ccc6c(c5)c5ccccc5n6-c5ccccc5)cc4)cc3)ccc21. The summed E-state index contributed by atoms with van der Waals surface area (Å²) in [5.74, 6) is 0. The molecule has 53 heavy (non-hydrogen) atoms. The first-order valence-electron chi connectivity index (χ1n) is 18.4. The van der Waals surface area contributed by atoms with E-state index in [4.69, 9.17) is 0 Å². The predicted molar refractivity (Wildman–Crippen MR) is 224 cm³/mol. The number of para-hydroxylation sites is 3. The average Bonchev–Trinajstić information content (AvgIpc) is 3.67. The van der Waals surface area contributed by atoms with Gasteiger partial charge in [0.1, 0.15) is 0 Å². The highest BCUT2D eigenvalue weighted by Crippen LogP contribution is 2.49. The van der Waals surface area contributed by atoms with Crippen molar-refractivity contribution in [2.75, 3.05) is 4.90 Å². The molecular formula is C51H38N2. The molecule has 0 saturated heterocycles. The maximum Gasteiger partial charge on any atom is 0.0542 e. The van der Waals surface area contributed by atoms with Gasteiger partial charge in [0.2, 0.25) is 0 Å². The van der Waals surface area contributed by atoms with Crippen molar-refractivity contribution in [2.45, 2.75) is 19.3 Å². The minimum absolute atomic E-state index is 0.0199. The molecule has 1 aliphatic carbocycles. The zero-order valence-electron chi connectivity index (χ0n) is 29.9. The first-order chi connectivity index (χ1) is 26.0. The first-order valence-corrected chi connectivity index (χ1v) is 18.4. The third-order valence-corrected chi connectivity index (χ3v) is 11.2. The fourth-order valence-corrected chi connectivity index (χ4v) is 8.54. The van der Waals surface area contributed by atoms with E-state index in [1.165, 1.54) is 66.3 Å². The molecule has 1 heterocycles. The first kappa shape index (κ1) is 31.1. The number of nitrogens with zero attached hydrogens (tertiary/aromatic N) is 2. The largest absolute Gasteiger partial charge is 0.310 e. The summed E-state index contributed by atoms with van der Waals surface area (Å²) >= 11 is 0. The molecule has 0 spiro atoms. The van der Waals surface area contributed by atoms with Gasteiger partial charge >= 0.3 is 0 Å². The number of hydrogen-bond acceptors (Lipinski definition) is 1. The molecular weight excluding hydrogens is 641 g/mol. The maximum absolute atomic E-state index is 2.38. The van der Waals surface area contributed by atoms with E-state index >= 15 is 0 Å². The summed E-state index contributed by atoms with van der Waals surface area (Å²) in [4.78, 5) is 2.36. The van der Waals surface area contributed by atoms with Crippen molar-refractivity contribution >= 4 is 38.9 Å². The molecule has 2 heteroatoms. The topological polar surface area (TPSA) is 8.17 Å². The molecule has 9 aromatic rings. The molecule has 0 N–H and O–H groups in total. The van der Waals surface area contributed by atoms with Gasteiger partial charge in [0.25, 0.3) is 0 Å². The monoisotopic (exact) mass is 678 g/mol. The van der Waals surface area contributed by atoms with Gasteiger partial charge in [-0.25, -0.2) is 0 Å². The van der Waals surface area contributed by atoms with Crippen LogP contribution in [0.3, 0.4) is 0 Å². The second-order valence-electron chi connectivity index (χ2n) is 14.6. The highest BCUT2D eigenvalue weighted by molar-refractivity contribution is 6.10. The van der Waals surface area contributed by atoms with Crippen LogP contribution in [0.4, 0.5) is 17.1 Å². The van der Waals surface area contributed by atoms with Crippen LogP contribution in [0.5, 0.6) is 0 Å². The fraction of sp³-hybridized carbons (Fsp3) is 0.0588. The van der Waals surface area contributed by atoms with Crippen molar-refractivity contribution in [3.63, 3.8) is 0 Å². The summed E-state index contributed by atoms with van der Waals surface area (Å²) in [6, 6.07) is 70.7. The van der Waals surface area contributed by atoms with Gasteiger partial charge < -0.3 is 9.47 Å². The number of aromatic nitrogens is 1. The standard InChI is InChI=1S/C51H38N2/c1-51(2)47-19-11-9-17-43(47)45-33-38(27-31-48(45)51)37-23-21-35(22-24-37)36-25-28-41(29-26-36)52(39-13-5-3-6-14-39)42-30-32-50-46(34-42)44-18-10-12-20-49(44)53(50)40-15-7-4-8-16-40/h3-34H,1-2H3. The van der Waals surface area contributed by atoms with Crippen LogP contribution in [-0.2, 0) is 5.41 Å². The Morgan fingerprint density at radius 1 is 0.377 bits per heavy atom. The van der Waals surface area contributed by atoms with Gasteiger partial charge in [-0.15, -0.1) is 0 Å². The minimum Gasteiger partial charge on any atom is -0.310 e. The van der Waals surface area contributed by atoms with Crippen LogP contribution in [0.25, 0.3) is 60.9 Å². The van der Waals surface area contributed by atoms with Crippen LogP contribution in [0.15, 0.2) is 194 Å². The molecule has 2 nitrogen and oxygen atoms in total. The maximum atomic E-state index is 2.38. The number of rotatable bonds is 6. The van der Waals surface area contributed by atoms with Crippen molar-refractivity contribution in [1.29, 1.82) is 0 Å². The zero-order chi connectivity index (χ0) is 35.5. The van der Waals surface area contributed by atoms with E-state index in [9.17, 15) is 0 Å². The van der Waals surface area contributed by atoms with E-state index in [0.717, 1.165) is 22.7 Å². The van der Waals surface area contributed by atoms with Gasteiger partial charge in [-0.3, -0.25) is 0 Å². The normalized spacial score (nSPS) is 12.9. The van der Waals surface area contributed by atoms with Crippen LogP contribution >= 0.6 is 0 Å². The smallest absolute Gasteiger partial charge is 0.0542 e. The van der Waals surface area contributed by atoms with Crippen molar-refractivity contribution < 1.29 is 0 Å². The molecule has 0 unspecified atom stereocenters. The Kier molecular flexibility index (Phi) is 7.19. The Bertz CT molecular complexity index is 2770. The molecule has 0 aliphatic heterocycles. The fourth-order valence-electron chi connectivity index (χ4n) is 8.54. The summed E-state index contributed by atoms with van der Waals surface area (Å²) in [6.45, 7) is 4.67. The summed E-state index contributed by atoms with van der Waals surface area (Å²) < 4.78 is 2.37. The molecule has 0 bridgehead atoms. The van der Waals surface area contributed by atoms with Crippen LogP contribution in [0, 0.1) is 0 Å². The van der Waals surface area contributed by atoms with Crippen molar-refractivity contribution in [1.82, 2.24) is 4.57 Å². The predicted octanol–water partition coefficient (Wildman–Crippen LogP) is 13.9. The second kappa shape index (κ2) is 12.3. The van der Waals surface area contributed by atoms with Gasteiger partial charge in [0, 0.05) is 38.9 Å². The van der Waals surface area contributed by atoms with E-state index in [2.05, 4.69) is 217 Å². The number of fused-ring (bicyclic) bond motifs is 6. The molecule has 0 amide bonds. The highest BCUT2D eigenvalue weighted by atomic mass is 15.1. The Hall–Kier alpha value is -6.64.